The Bertz CT molecular complexity index is 397. The van der Waals surface area contributed by atoms with Crippen molar-refractivity contribution >= 4 is 5.78 Å². The molecule has 17 heavy (non-hydrogen) atoms. The normalized spacial score (nSPS) is 24.6. The molecule has 2 nitrogen and oxygen atoms in total. The summed E-state index contributed by atoms with van der Waals surface area (Å²) in [6.45, 7) is 2.19. The van der Waals surface area contributed by atoms with Crippen LogP contribution in [0.1, 0.15) is 49.4 Å². The lowest BCUT2D eigenvalue weighted by atomic mass is 9.78. The Labute approximate surface area is 101 Å². The summed E-state index contributed by atoms with van der Waals surface area (Å²) in [6.07, 6.45) is 7.78. The monoisotopic (exact) mass is 235 g/mol. The van der Waals surface area contributed by atoms with E-state index in [4.69, 9.17) is 0 Å². The summed E-state index contributed by atoms with van der Waals surface area (Å²) in [4.78, 5) is 15.8. The highest BCUT2D eigenvalue weighted by Crippen LogP contribution is 2.32. The maximum Gasteiger partial charge on any atom is 0.168 e. The number of nitrogens with zero attached hydrogens (tertiary/aromatic N) is 1. The van der Waals surface area contributed by atoms with Crippen LogP contribution < -0.4 is 0 Å². The molecule has 0 aromatic carbocycles. The summed E-state index contributed by atoms with van der Waals surface area (Å²) in [5.74, 6) is 0.227. The van der Waals surface area contributed by atoms with Crippen LogP contribution >= 0.6 is 0 Å². The zero-order chi connectivity index (χ0) is 12.3. The van der Waals surface area contributed by atoms with E-state index in [-0.39, 0.29) is 17.3 Å². The molecule has 0 bridgehead atoms. The average Bonchev–Trinajstić information content (AvgIpc) is 2.39. The standard InChI is InChI=1S/C14H18FNO/c1-2-10-3-5-11(6-4-10)14(17)12-7-8-16-9-13(12)15/h7-11H,2-6H2,1H3. The molecule has 0 unspecified atom stereocenters. The van der Waals surface area contributed by atoms with Gasteiger partial charge in [-0.05, 0) is 37.7 Å². The van der Waals surface area contributed by atoms with Crippen molar-refractivity contribution in [2.45, 2.75) is 39.0 Å². The first-order valence-electron chi connectivity index (χ1n) is 6.36. The molecular formula is C14H18FNO. The van der Waals surface area contributed by atoms with Crippen LogP contribution in [-0.4, -0.2) is 10.8 Å². The lowest BCUT2D eigenvalue weighted by Crippen LogP contribution is -2.22. The molecule has 2 rings (SSSR count). The van der Waals surface area contributed by atoms with Gasteiger partial charge >= 0.3 is 0 Å². The Morgan fingerprint density at radius 3 is 2.71 bits per heavy atom. The number of rotatable bonds is 3. The maximum absolute atomic E-state index is 13.5. The van der Waals surface area contributed by atoms with Gasteiger partial charge in [-0.25, -0.2) is 4.39 Å². The van der Waals surface area contributed by atoms with Crippen LogP contribution in [0.3, 0.4) is 0 Å². The molecule has 1 heterocycles. The zero-order valence-corrected chi connectivity index (χ0v) is 10.2. The van der Waals surface area contributed by atoms with Gasteiger partial charge in [0.05, 0.1) is 11.8 Å². The highest BCUT2D eigenvalue weighted by Gasteiger charge is 2.27. The second kappa shape index (κ2) is 5.39. The van der Waals surface area contributed by atoms with Crippen molar-refractivity contribution in [3.63, 3.8) is 0 Å². The molecule has 0 saturated heterocycles. The van der Waals surface area contributed by atoms with Gasteiger partial charge in [0, 0.05) is 12.1 Å². The van der Waals surface area contributed by atoms with Gasteiger partial charge < -0.3 is 0 Å². The molecule has 1 aliphatic carbocycles. The van der Waals surface area contributed by atoms with Gasteiger partial charge in [0.1, 0.15) is 0 Å². The van der Waals surface area contributed by atoms with Crippen molar-refractivity contribution in [1.82, 2.24) is 4.98 Å². The number of Topliss-reactive ketones (excluding diaryl/α,β-unsaturated/α-hetero) is 1. The molecule has 0 N–H and O–H groups in total. The summed E-state index contributed by atoms with van der Waals surface area (Å²) >= 11 is 0. The van der Waals surface area contributed by atoms with E-state index in [0.29, 0.717) is 0 Å². The van der Waals surface area contributed by atoms with Crippen LogP contribution in [0.15, 0.2) is 18.5 Å². The molecule has 0 atom stereocenters. The largest absolute Gasteiger partial charge is 0.294 e. The summed E-state index contributed by atoms with van der Waals surface area (Å²) in [5.41, 5.74) is 0.208. The van der Waals surface area contributed by atoms with Crippen LogP contribution in [0.25, 0.3) is 0 Å². The Morgan fingerprint density at radius 1 is 1.41 bits per heavy atom. The van der Waals surface area contributed by atoms with Crippen LogP contribution in [0.4, 0.5) is 4.39 Å². The third kappa shape index (κ3) is 2.71. The van der Waals surface area contributed by atoms with E-state index in [9.17, 15) is 9.18 Å². The first-order valence-corrected chi connectivity index (χ1v) is 6.36. The topological polar surface area (TPSA) is 30.0 Å². The fourth-order valence-electron chi connectivity index (χ4n) is 2.63. The molecule has 1 aliphatic rings. The number of ketones is 1. The molecule has 1 saturated carbocycles. The van der Waals surface area contributed by atoms with Gasteiger partial charge in [0.25, 0.3) is 0 Å². The fraction of sp³-hybridized carbons (Fsp3) is 0.571. The molecule has 1 aromatic heterocycles. The van der Waals surface area contributed by atoms with Crippen molar-refractivity contribution in [3.05, 3.63) is 29.8 Å². The zero-order valence-electron chi connectivity index (χ0n) is 10.2. The SMILES string of the molecule is CCC1CCC(C(=O)c2ccncc2F)CC1. The quantitative estimate of drug-likeness (QED) is 0.749. The summed E-state index contributed by atoms with van der Waals surface area (Å²) in [5, 5.41) is 0. The van der Waals surface area contributed by atoms with Crippen molar-refractivity contribution in [2.75, 3.05) is 0 Å². The number of hydrogen-bond acceptors (Lipinski definition) is 2. The summed E-state index contributed by atoms with van der Waals surface area (Å²) < 4.78 is 13.5. The first-order chi connectivity index (χ1) is 8.22. The van der Waals surface area contributed by atoms with Crippen LogP contribution in [-0.2, 0) is 0 Å². The van der Waals surface area contributed by atoms with Crippen molar-refractivity contribution in [2.24, 2.45) is 11.8 Å². The molecule has 3 heteroatoms. The molecule has 0 aliphatic heterocycles. The van der Waals surface area contributed by atoms with E-state index in [1.165, 1.54) is 18.7 Å². The molecular weight excluding hydrogens is 217 g/mol. The number of aromatic nitrogens is 1. The lowest BCUT2D eigenvalue weighted by Gasteiger charge is -2.26. The minimum Gasteiger partial charge on any atom is -0.294 e. The molecule has 0 amide bonds. The van der Waals surface area contributed by atoms with Crippen molar-refractivity contribution in [3.8, 4) is 0 Å². The van der Waals surface area contributed by atoms with E-state index in [1.54, 1.807) is 0 Å². The van der Waals surface area contributed by atoms with Gasteiger partial charge in [-0.2, -0.15) is 0 Å². The van der Waals surface area contributed by atoms with E-state index >= 15 is 0 Å². The van der Waals surface area contributed by atoms with E-state index in [0.717, 1.165) is 37.8 Å². The fourth-order valence-corrected chi connectivity index (χ4v) is 2.63. The number of carbonyl (C=O) groups excluding carboxylic acids is 1. The Morgan fingerprint density at radius 2 is 2.12 bits per heavy atom. The van der Waals surface area contributed by atoms with E-state index < -0.39 is 5.82 Å². The predicted molar refractivity (Wildman–Crippen MR) is 64.3 cm³/mol. The Kier molecular flexibility index (Phi) is 3.87. The Balaban J connectivity index is 2.04. The van der Waals surface area contributed by atoms with Crippen LogP contribution in [0.2, 0.25) is 0 Å². The summed E-state index contributed by atoms with van der Waals surface area (Å²) in [6, 6.07) is 1.49. The average molecular weight is 235 g/mol. The van der Waals surface area contributed by atoms with Crippen LogP contribution in [0.5, 0.6) is 0 Å². The second-order valence-corrected chi connectivity index (χ2v) is 4.85. The van der Waals surface area contributed by atoms with E-state index in [1.807, 2.05) is 0 Å². The number of hydrogen-bond donors (Lipinski definition) is 0. The highest BCUT2D eigenvalue weighted by molar-refractivity contribution is 5.98. The third-order valence-electron chi connectivity index (χ3n) is 3.83. The minimum absolute atomic E-state index is 0.00898. The van der Waals surface area contributed by atoms with Crippen LogP contribution in [0, 0.1) is 17.7 Å². The third-order valence-corrected chi connectivity index (χ3v) is 3.83. The van der Waals surface area contributed by atoms with Gasteiger partial charge in [0.15, 0.2) is 11.6 Å². The van der Waals surface area contributed by atoms with E-state index in [2.05, 4.69) is 11.9 Å². The minimum atomic E-state index is -0.491. The molecule has 0 radical (unpaired) electrons. The number of pyridine rings is 1. The van der Waals surface area contributed by atoms with Crippen molar-refractivity contribution < 1.29 is 9.18 Å². The summed E-state index contributed by atoms with van der Waals surface area (Å²) in [7, 11) is 0. The van der Waals surface area contributed by atoms with Gasteiger partial charge in [-0.15, -0.1) is 0 Å². The highest BCUT2D eigenvalue weighted by atomic mass is 19.1. The lowest BCUT2D eigenvalue weighted by molar-refractivity contribution is 0.0866. The van der Waals surface area contributed by atoms with Gasteiger partial charge in [-0.3, -0.25) is 9.78 Å². The Hall–Kier alpha value is -1.25. The molecule has 1 aromatic rings. The molecule has 1 fully saturated rings. The molecule has 92 valence electrons. The van der Waals surface area contributed by atoms with Gasteiger partial charge in [-0.1, -0.05) is 13.3 Å². The first kappa shape index (κ1) is 12.2. The predicted octanol–water partition coefficient (Wildman–Crippen LogP) is 3.62. The molecule has 0 spiro atoms. The van der Waals surface area contributed by atoms with Crippen molar-refractivity contribution in [1.29, 1.82) is 0 Å². The smallest absolute Gasteiger partial charge is 0.168 e. The maximum atomic E-state index is 13.5. The second-order valence-electron chi connectivity index (χ2n) is 4.85. The van der Waals surface area contributed by atoms with Gasteiger partial charge in [0.2, 0.25) is 0 Å². The number of carbonyl (C=O) groups is 1. The number of halogens is 1.